The Bertz CT molecular complexity index is 691. The van der Waals surface area contributed by atoms with Crippen molar-refractivity contribution in [3.05, 3.63) is 36.0 Å². The molecule has 0 aliphatic heterocycles. The molecule has 0 amide bonds. The first kappa shape index (κ1) is 19.8. The fourth-order valence-corrected chi connectivity index (χ4v) is 2.17. The van der Waals surface area contributed by atoms with Crippen LogP contribution >= 0.6 is 0 Å². The number of hydrogen-bond donors (Lipinski definition) is 1. The van der Waals surface area contributed by atoms with E-state index in [9.17, 15) is 13.2 Å². The molecule has 5 nitrogen and oxygen atoms in total. The van der Waals surface area contributed by atoms with Crippen molar-refractivity contribution in [2.24, 2.45) is 0 Å². The zero-order valence-electron chi connectivity index (χ0n) is 14.8. The van der Waals surface area contributed by atoms with Crippen molar-refractivity contribution in [3.63, 3.8) is 0 Å². The van der Waals surface area contributed by atoms with Gasteiger partial charge in [-0.1, -0.05) is 19.8 Å². The maximum absolute atomic E-state index is 12.9. The van der Waals surface area contributed by atoms with E-state index in [1.54, 1.807) is 31.2 Å². The Labute approximate surface area is 150 Å². The second-order valence-electron chi connectivity index (χ2n) is 5.55. The molecular weight excluding hydrogens is 347 g/mol. The monoisotopic (exact) mass is 369 g/mol. The summed E-state index contributed by atoms with van der Waals surface area (Å²) >= 11 is 0. The van der Waals surface area contributed by atoms with Gasteiger partial charge in [-0.25, -0.2) is 4.98 Å². The number of rotatable bonds is 9. The minimum atomic E-state index is -4.57. The Balaban J connectivity index is 2.04. The van der Waals surface area contributed by atoms with Crippen LogP contribution in [0.3, 0.4) is 0 Å². The number of alkyl halides is 3. The predicted octanol–water partition coefficient (Wildman–Crippen LogP) is 5.21. The lowest BCUT2D eigenvalue weighted by Gasteiger charge is -2.13. The molecule has 0 fully saturated rings. The van der Waals surface area contributed by atoms with E-state index >= 15 is 0 Å². The SMILES string of the molecule is CCCCCOc1ccc(Nc2ncc(C(F)(F)F)c(OCC)n2)cc1. The number of hydrogen-bond acceptors (Lipinski definition) is 5. The summed E-state index contributed by atoms with van der Waals surface area (Å²) in [5.41, 5.74) is -0.367. The first-order chi connectivity index (χ1) is 12.4. The second kappa shape index (κ2) is 9.26. The fourth-order valence-electron chi connectivity index (χ4n) is 2.17. The van der Waals surface area contributed by atoms with E-state index in [0.29, 0.717) is 18.5 Å². The van der Waals surface area contributed by atoms with E-state index in [1.807, 2.05) is 0 Å². The van der Waals surface area contributed by atoms with Gasteiger partial charge in [0.25, 0.3) is 0 Å². The molecular formula is C18H22F3N3O2. The Morgan fingerprint density at radius 2 is 1.77 bits per heavy atom. The molecule has 2 rings (SSSR count). The third kappa shape index (κ3) is 5.79. The highest BCUT2D eigenvalue weighted by atomic mass is 19.4. The highest BCUT2D eigenvalue weighted by Crippen LogP contribution is 2.35. The standard InChI is InChI=1S/C18H22F3N3O2/c1-3-5-6-11-26-14-9-7-13(8-10-14)23-17-22-12-15(18(19,20)21)16(24-17)25-4-2/h7-10,12H,3-6,11H2,1-2H3,(H,22,23,24). The molecule has 0 unspecified atom stereocenters. The summed E-state index contributed by atoms with van der Waals surface area (Å²) in [4.78, 5) is 7.54. The average molecular weight is 369 g/mol. The molecule has 0 spiro atoms. The maximum atomic E-state index is 12.9. The van der Waals surface area contributed by atoms with Gasteiger partial charge in [-0.15, -0.1) is 0 Å². The fraction of sp³-hybridized carbons (Fsp3) is 0.444. The predicted molar refractivity (Wildman–Crippen MR) is 92.9 cm³/mol. The van der Waals surface area contributed by atoms with E-state index < -0.39 is 17.6 Å². The molecule has 0 radical (unpaired) electrons. The summed E-state index contributed by atoms with van der Waals surface area (Å²) in [7, 11) is 0. The van der Waals surface area contributed by atoms with Gasteiger partial charge < -0.3 is 14.8 Å². The molecule has 0 aliphatic carbocycles. The summed E-state index contributed by atoms with van der Waals surface area (Å²) < 4.78 is 49.4. The van der Waals surface area contributed by atoms with Crippen LogP contribution in [0.2, 0.25) is 0 Å². The lowest BCUT2D eigenvalue weighted by Crippen LogP contribution is -2.12. The Morgan fingerprint density at radius 1 is 1.04 bits per heavy atom. The summed E-state index contributed by atoms with van der Waals surface area (Å²) in [5.74, 6) is 0.265. The number of halogens is 3. The number of benzene rings is 1. The Hall–Kier alpha value is -2.51. The lowest BCUT2D eigenvalue weighted by atomic mass is 10.2. The normalized spacial score (nSPS) is 11.3. The van der Waals surface area contributed by atoms with Crippen LogP contribution in [0.5, 0.6) is 11.6 Å². The third-order valence-corrected chi connectivity index (χ3v) is 3.47. The van der Waals surface area contributed by atoms with Crippen molar-refractivity contribution in [2.75, 3.05) is 18.5 Å². The largest absolute Gasteiger partial charge is 0.494 e. The molecule has 1 aromatic carbocycles. The van der Waals surface area contributed by atoms with Crippen molar-refractivity contribution in [1.82, 2.24) is 9.97 Å². The Morgan fingerprint density at radius 3 is 2.38 bits per heavy atom. The zero-order valence-corrected chi connectivity index (χ0v) is 14.8. The zero-order chi connectivity index (χ0) is 19.0. The smallest absolute Gasteiger partial charge is 0.423 e. The molecule has 1 aromatic heterocycles. The van der Waals surface area contributed by atoms with Crippen molar-refractivity contribution in [2.45, 2.75) is 39.3 Å². The van der Waals surface area contributed by atoms with Gasteiger partial charge in [0, 0.05) is 11.9 Å². The minimum absolute atomic E-state index is 0.0260. The molecule has 0 aliphatic rings. The van der Waals surface area contributed by atoms with Gasteiger partial charge in [-0.3, -0.25) is 0 Å². The van der Waals surface area contributed by atoms with E-state index in [-0.39, 0.29) is 12.6 Å². The van der Waals surface area contributed by atoms with Gasteiger partial charge in [-0.2, -0.15) is 18.2 Å². The topological polar surface area (TPSA) is 56.3 Å². The molecule has 0 saturated carbocycles. The van der Waals surface area contributed by atoms with Crippen LogP contribution in [-0.4, -0.2) is 23.2 Å². The van der Waals surface area contributed by atoms with Crippen LogP contribution < -0.4 is 14.8 Å². The van der Waals surface area contributed by atoms with E-state index in [4.69, 9.17) is 9.47 Å². The number of unbranched alkanes of at least 4 members (excludes halogenated alkanes) is 2. The highest BCUT2D eigenvalue weighted by Gasteiger charge is 2.36. The van der Waals surface area contributed by atoms with Crippen LogP contribution in [-0.2, 0) is 6.18 Å². The minimum Gasteiger partial charge on any atom is -0.494 e. The van der Waals surface area contributed by atoms with Gasteiger partial charge in [0.1, 0.15) is 11.3 Å². The molecule has 0 bridgehead atoms. The van der Waals surface area contributed by atoms with Crippen molar-refractivity contribution in [3.8, 4) is 11.6 Å². The first-order valence-electron chi connectivity index (χ1n) is 8.51. The van der Waals surface area contributed by atoms with Gasteiger partial charge in [0.2, 0.25) is 11.8 Å². The third-order valence-electron chi connectivity index (χ3n) is 3.47. The summed E-state index contributed by atoms with van der Waals surface area (Å²) in [6.45, 7) is 4.44. The summed E-state index contributed by atoms with van der Waals surface area (Å²) in [5, 5.41) is 2.86. The molecule has 2 aromatic rings. The van der Waals surface area contributed by atoms with E-state index in [2.05, 4.69) is 22.2 Å². The van der Waals surface area contributed by atoms with Crippen molar-refractivity contribution in [1.29, 1.82) is 0 Å². The maximum Gasteiger partial charge on any atom is 0.423 e. The molecule has 1 N–H and O–H groups in total. The molecule has 1 heterocycles. The molecule has 8 heteroatoms. The summed E-state index contributed by atoms with van der Waals surface area (Å²) in [6, 6.07) is 7.05. The van der Waals surface area contributed by atoms with Crippen molar-refractivity contribution >= 4 is 11.6 Å². The first-order valence-corrected chi connectivity index (χ1v) is 8.51. The quantitative estimate of drug-likeness (QED) is 0.615. The van der Waals surface area contributed by atoms with E-state index in [0.717, 1.165) is 25.0 Å². The highest BCUT2D eigenvalue weighted by molar-refractivity contribution is 5.55. The van der Waals surface area contributed by atoms with Crippen LogP contribution in [0.1, 0.15) is 38.7 Å². The van der Waals surface area contributed by atoms with Gasteiger partial charge in [0.15, 0.2) is 0 Å². The average Bonchev–Trinajstić information content (AvgIpc) is 2.60. The summed E-state index contributed by atoms with van der Waals surface area (Å²) in [6.07, 6.45) is -0.614. The second-order valence-corrected chi connectivity index (χ2v) is 5.55. The van der Waals surface area contributed by atoms with Crippen LogP contribution in [0.15, 0.2) is 30.5 Å². The van der Waals surface area contributed by atoms with Crippen molar-refractivity contribution < 1.29 is 22.6 Å². The molecule has 0 atom stereocenters. The van der Waals surface area contributed by atoms with Gasteiger partial charge >= 0.3 is 6.18 Å². The number of ether oxygens (including phenoxy) is 2. The van der Waals surface area contributed by atoms with Crippen LogP contribution in [0.25, 0.3) is 0 Å². The molecule has 142 valence electrons. The van der Waals surface area contributed by atoms with Crippen LogP contribution in [0, 0.1) is 0 Å². The van der Waals surface area contributed by atoms with Crippen LogP contribution in [0.4, 0.5) is 24.8 Å². The molecule has 0 saturated heterocycles. The number of aromatic nitrogens is 2. The molecule has 26 heavy (non-hydrogen) atoms. The lowest BCUT2D eigenvalue weighted by molar-refractivity contribution is -0.139. The number of nitrogens with zero attached hydrogens (tertiary/aromatic N) is 2. The number of anilines is 2. The van der Waals surface area contributed by atoms with E-state index in [1.165, 1.54) is 0 Å². The van der Waals surface area contributed by atoms with Gasteiger partial charge in [0.05, 0.1) is 13.2 Å². The van der Waals surface area contributed by atoms with Gasteiger partial charge in [-0.05, 0) is 37.6 Å². The number of nitrogens with one attached hydrogen (secondary N) is 1. The Kier molecular flexibility index (Phi) is 7.06.